The lowest BCUT2D eigenvalue weighted by Crippen LogP contribution is -2.53. The molecule has 3 aliphatic rings. The Morgan fingerprint density at radius 2 is 1.67 bits per heavy atom. The number of Topliss-reactive ketones (excluding diaryl/α,β-unsaturated/α-hetero) is 1. The zero-order valence-electron chi connectivity index (χ0n) is 14.4. The van der Waals surface area contributed by atoms with Gasteiger partial charge in [-0.3, -0.25) is 9.59 Å². The van der Waals surface area contributed by atoms with Gasteiger partial charge >= 0.3 is 0 Å². The summed E-state index contributed by atoms with van der Waals surface area (Å²) in [4.78, 5) is 24.9. The summed E-state index contributed by atoms with van der Waals surface area (Å²) in [6.07, 6.45) is 6.69. The van der Waals surface area contributed by atoms with Crippen LogP contribution >= 0.6 is 0 Å². The van der Waals surface area contributed by atoms with E-state index in [4.69, 9.17) is 0 Å². The van der Waals surface area contributed by atoms with E-state index in [1.54, 1.807) is 18.2 Å². The molecule has 0 N–H and O–H groups in total. The van der Waals surface area contributed by atoms with Gasteiger partial charge in [0.15, 0.2) is 11.6 Å². The number of nitriles is 2. The van der Waals surface area contributed by atoms with E-state index in [9.17, 15) is 20.1 Å². The number of rotatable bonds is 0. The van der Waals surface area contributed by atoms with Gasteiger partial charge in [-0.2, -0.15) is 10.5 Å². The third-order valence-electron chi connectivity index (χ3n) is 6.26. The van der Waals surface area contributed by atoms with Gasteiger partial charge in [0.2, 0.25) is 0 Å². The van der Waals surface area contributed by atoms with Crippen molar-refractivity contribution >= 4 is 11.6 Å². The standard InChI is InChI=1S/C20H20N2O2/c1-18(2)15-5-6-19(3)8-12(10-21)14(23)7-16(19)20(15,4)9-13(11-22)17(18)24/h7-9,15H,5-6H2,1-4H3/t15-,19-,20-/m0/s1. The summed E-state index contributed by atoms with van der Waals surface area (Å²) >= 11 is 0. The summed E-state index contributed by atoms with van der Waals surface area (Å²) in [7, 11) is 0. The van der Waals surface area contributed by atoms with Crippen LogP contribution in [0.15, 0.2) is 34.9 Å². The average Bonchev–Trinajstić information content (AvgIpc) is 2.52. The van der Waals surface area contributed by atoms with Gasteiger partial charge in [-0.1, -0.05) is 39.8 Å². The second-order valence-electron chi connectivity index (χ2n) is 8.10. The van der Waals surface area contributed by atoms with Crippen LogP contribution in [0.3, 0.4) is 0 Å². The van der Waals surface area contributed by atoms with Gasteiger partial charge in [0.25, 0.3) is 0 Å². The SMILES string of the molecule is CC1(C)C(=O)C(C#N)=C[C@]2(C)C3=CC(=O)C(C#N)=C[C@]3(C)CC[C@@H]12. The van der Waals surface area contributed by atoms with Crippen molar-refractivity contribution in [2.75, 3.05) is 0 Å². The monoisotopic (exact) mass is 320 g/mol. The Balaban J connectivity index is 2.26. The van der Waals surface area contributed by atoms with Crippen LogP contribution < -0.4 is 0 Å². The first-order chi connectivity index (χ1) is 11.1. The highest BCUT2D eigenvalue weighted by molar-refractivity contribution is 6.09. The largest absolute Gasteiger partial charge is 0.293 e. The van der Waals surface area contributed by atoms with Crippen molar-refractivity contribution in [3.8, 4) is 12.1 Å². The third-order valence-corrected chi connectivity index (χ3v) is 6.26. The number of hydrogen-bond donors (Lipinski definition) is 0. The predicted molar refractivity (Wildman–Crippen MR) is 88.2 cm³/mol. The molecule has 0 unspecified atom stereocenters. The molecule has 0 aliphatic heterocycles. The Morgan fingerprint density at radius 1 is 1.04 bits per heavy atom. The first-order valence-corrected chi connectivity index (χ1v) is 8.18. The minimum Gasteiger partial charge on any atom is -0.293 e. The fourth-order valence-electron chi connectivity index (χ4n) is 5.08. The zero-order valence-corrected chi connectivity index (χ0v) is 14.4. The van der Waals surface area contributed by atoms with Gasteiger partial charge in [0, 0.05) is 16.2 Å². The molecule has 3 aliphatic carbocycles. The fraction of sp³-hybridized carbons (Fsp3) is 0.500. The molecule has 3 atom stereocenters. The molecule has 0 aromatic rings. The number of carbonyl (C=O) groups excluding carboxylic acids is 2. The normalized spacial score (nSPS) is 37.1. The van der Waals surface area contributed by atoms with Crippen molar-refractivity contribution in [2.45, 2.75) is 40.5 Å². The minimum absolute atomic E-state index is 0.0266. The van der Waals surface area contributed by atoms with Crippen molar-refractivity contribution in [3.63, 3.8) is 0 Å². The smallest absolute Gasteiger partial charge is 0.196 e. The lowest BCUT2D eigenvalue weighted by Gasteiger charge is -2.57. The maximum atomic E-state index is 12.6. The quantitative estimate of drug-likeness (QED) is 0.684. The lowest BCUT2D eigenvalue weighted by molar-refractivity contribution is -0.130. The van der Waals surface area contributed by atoms with Crippen molar-refractivity contribution < 1.29 is 9.59 Å². The summed E-state index contributed by atoms with van der Waals surface area (Å²) in [5.74, 6) is -0.376. The molecule has 0 heterocycles. The lowest BCUT2D eigenvalue weighted by atomic mass is 9.45. The molecule has 24 heavy (non-hydrogen) atoms. The van der Waals surface area contributed by atoms with E-state index >= 15 is 0 Å². The first kappa shape index (κ1) is 16.4. The summed E-state index contributed by atoms with van der Waals surface area (Å²) in [6.45, 7) is 7.85. The predicted octanol–water partition coefficient (Wildman–Crippen LogP) is 3.43. The molecule has 122 valence electrons. The van der Waals surface area contributed by atoms with Crippen molar-refractivity contribution in [2.24, 2.45) is 22.2 Å². The highest BCUT2D eigenvalue weighted by atomic mass is 16.1. The van der Waals surface area contributed by atoms with Crippen LogP contribution in [0.5, 0.6) is 0 Å². The van der Waals surface area contributed by atoms with Crippen molar-refractivity contribution in [1.29, 1.82) is 10.5 Å². The molecular weight excluding hydrogens is 300 g/mol. The van der Waals surface area contributed by atoms with Gasteiger partial charge in [0.05, 0.1) is 11.1 Å². The van der Waals surface area contributed by atoms with Crippen LogP contribution in [0.25, 0.3) is 0 Å². The van der Waals surface area contributed by atoms with Gasteiger partial charge < -0.3 is 0 Å². The molecule has 0 aromatic heterocycles. The minimum atomic E-state index is -0.654. The second-order valence-corrected chi connectivity index (χ2v) is 8.10. The molecule has 0 aromatic carbocycles. The molecular formula is C20H20N2O2. The molecule has 3 rings (SSSR count). The molecule has 4 nitrogen and oxygen atoms in total. The molecule has 1 saturated carbocycles. The Bertz CT molecular complexity index is 844. The Morgan fingerprint density at radius 3 is 2.25 bits per heavy atom. The fourth-order valence-corrected chi connectivity index (χ4v) is 5.08. The first-order valence-electron chi connectivity index (χ1n) is 8.18. The molecule has 1 fully saturated rings. The molecule has 0 spiro atoms. The van der Waals surface area contributed by atoms with E-state index < -0.39 is 16.2 Å². The molecule has 0 amide bonds. The summed E-state index contributed by atoms with van der Waals surface area (Å²) in [5.41, 5.74) is -0.312. The van der Waals surface area contributed by atoms with Crippen LogP contribution in [-0.4, -0.2) is 11.6 Å². The van der Waals surface area contributed by atoms with Crippen LogP contribution in [0, 0.1) is 44.8 Å². The van der Waals surface area contributed by atoms with Gasteiger partial charge in [-0.05, 0) is 30.4 Å². The van der Waals surface area contributed by atoms with Crippen LogP contribution in [0.4, 0.5) is 0 Å². The van der Waals surface area contributed by atoms with E-state index in [0.717, 1.165) is 18.4 Å². The molecule has 4 heteroatoms. The highest BCUT2D eigenvalue weighted by Crippen LogP contribution is 2.63. The summed E-state index contributed by atoms with van der Waals surface area (Å²) < 4.78 is 0. The van der Waals surface area contributed by atoms with Crippen LogP contribution in [0.1, 0.15) is 40.5 Å². The second kappa shape index (κ2) is 4.77. The van der Waals surface area contributed by atoms with E-state index in [-0.39, 0.29) is 28.6 Å². The van der Waals surface area contributed by atoms with Gasteiger partial charge in [-0.15, -0.1) is 0 Å². The van der Waals surface area contributed by atoms with Gasteiger partial charge in [-0.25, -0.2) is 0 Å². The molecule has 0 saturated heterocycles. The number of ketones is 2. The Labute approximate surface area is 142 Å². The van der Waals surface area contributed by atoms with Crippen molar-refractivity contribution in [3.05, 3.63) is 34.9 Å². The Hall–Kier alpha value is -2.46. The van der Waals surface area contributed by atoms with Crippen LogP contribution in [-0.2, 0) is 9.59 Å². The zero-order chi connectivity index (χ0) is 17.9. The number of fused-ring (bicyclic) bond motifs is 3. The van der Waals surface area contributed by atoms with E-state index in [0.29, 0.717) is 0 Å². The highest BCUT2D eigenvalue weighted by Gasteiger charge is 2.58. The molecule has 0 radical (unpaired) electrons. The summed E-state index contributed by atoms with van der Waals surface area (Å²) in [5, 5.41) is 18.6. The maximum absolute atomic E-state index is 12.6. The summed E-state index contributed by atoms with van der Waals surface area (Å²) in [6, 6.07) is 4.02. The number of nitrogens with zero attached hydrogens (tertiary/aromatic N) is 2. The van der Waals surface area contributed by atoms with E-state index in [1.165, 1.54) is 0 Å². The maximum Gasteiger partial charge on any atom is 0.196 e. The molecule has 0 bridgehead atoms. The van der Waals surface area contributed by atoms with Gasteiger partial charge in [0.1, 0.15) is 12.1 Å². The number of carbonyl (C=O) groups is 2. The van der Waals surface area contributed by atoms with Crippen LogP contribution in [0.2, 0.25) is 0 Å². The average molecular weight is 320 g/mol. The number of hydrogen-bond acceptors (Lipinski definition) is 4. The van der Waals surface area contributed by atoms with E-state index in [2.05, 4.69) is 0 Å². The third kappa shape index (κ3) is 1.89. The van der Waals surface area contributed by atoms with Crippen molar-refractivity contribution in [1.82, 2.24) is 0 Å². The topological polar surface area (TPSA) is 81.7 Å². The van der Waals surface area contributed by atoms with E-state index in [1.807, 2.05) is 39.8 Å². The number of allylic oxidation sites excluding steroid dienone is 6. The Kier molecular flexibility index (Phi) is 3.26.